The number of aryl methyl sites for hydroxylation is 1. The van der Waals surface area contributed by atoms with E-state index < -0.39 is 0 Å². The van der Waals surface area contributed by atoms with Gasteiger partial charge in [-0.15, -0.1) is 0 Å². The summed E-state index contributed by atoms with van der Waals surface area (Å²) in [6, 6.07) is 13.1. The number of nitrogens with one attached hydrogen (secondary N) is 1. The molecule has 1 N–H and O–H groups in total. The van der Waals surface area contributed by atoms with Crippen molar-refractivity contribution in [1.29, 1.82) is 0 Å². The number of hydrogen-bond donors (Lipinski definition) is 1. The number of benzene rings is 1. The molecule has 5 heteroatoms. The third-order valence-corrected chi connectivity index (χ3v) is 3.23. The van der Waals surface area contributed by atoms with E-state index in [4.69, 9.17) is 16.3 Å². The van der Waals surface area contributed by atoms with Gasteiger partial charge in [0, 0.05) is 10.7 Å². The first-order chi connectivity index (χ1) is 10.1. The first-order valence-corrected chi connectivity index (χ1v) is 7.03. The van der Waals surface area contributed by atoms with Gasteiger partial charge < -0.3 is 10.1 Å². The molecule has 1 amide bonds. The van der Waals surface area contributed by atoms with Crippen molar-refractivity contribution in [1.82, 2.24) is 10.3 Å². The van der Waals surface area contributed by atoms with Crippen LogP contribution in [-0.2, 0) is 22.7 Å². The Morgan fingerprint density at radius 3 is 2.81 bits per heavy atom. The van der Waals surface area contributed by atoms with Crippen LogP contribution in [0.1, 0.15) is 17.0 Å². The van der Waals surface area contributed by atoms with Crippen molar-refractivity contribution in [3.63, 3.8) is 0 Å². The summed E-state index contributed by atoms with van der Waals surface area (Å²) in [7, 11) is 0. The Morgan fingerprint density at radius 1 is 1.24 bits per heavy atom. The number of aromatic nitrogens is 1. The maximum Gasteiger partial charge on any atom is 0.246 e. The second-order valence-electron chi connectivity index (χ2n) is 4.63. The molecule has 1 aromatic heterocycles. The third-order valence-electron chi connectivity index (χ3n) is 2.86. The highest BCUT2D eigenvalue weighted by molar-refractivity contribution is 6.31. The fourth-order valence-electron chi connectivity index (χ4n) is 1.81. The smallest absolute Gasteiger partial charge is 0.246 e. The molecule has 0 spiro atoms. The highest BCUT2D eigenvalue weighted by Crippen LogP contribution is 2.15. The highest BCUT2D eigenvalue weighted by atomic mass is 35.5. The molecular formula is C16H17ClN2O2. The molecule has 2 aromatic rings. The van der Waals surface area contributed by atoms with Gasteiger partial charge in [0.1, 0.15) is 6.61 Å². The number of halogens is 1. The van der Waals surface area contributed by atoms with E-state index in [1.807, 2.05) is 43.3 Å². The predicted molar refractivity (Wildman–Crippen MR) is 81.9 cm³/mol. The van der Waals surface area contributed by atoms with Gasteiger partial charge in [0.05, 0.1) is 18.8 Å². The van der Waals surface area contributed by atoms with Crippen LogP contribution in [0.25, 0.3) is 0 Å². The Balaban J connectivity index is 1.72. The lowest BCUT2D eigenvalue weighted by atomic mass is 10.2. The fraction of sp³-hybridized carbons (Fsp3) is 0.250. The summed E-state index contributed by atoms with van der Waals surface area (Å²) in [5.74, 6) is -0.176. The van der Waals surface area contributed by atoms with Gasteiger partial charge in [-0.2, -0.15) is 0 Å². The third kappa shape index (κ3) is 5.17. The molecule has 0 bridgehead atoms. The molecule has 4 nitrogen and oxygen atoms in total. The van der Waals surface area contributed by atoms with Crippen LogP contribution < -0.4 is 5.32 Å². The van der Waals surface area contributed by atoms with Crippen LogP contribution in [0, 0.1) is 6.92 Å². The SMILES string of the molecule is Cc1cccc(CNC(=O)COCc2ccccc2Cl)n1. The van der Waals surface area contributed by atoms with Gasteiger partial charge in [0.2, 0.25) is 5.91 Å². The summed E-state index contributed by atoms with van der Waals surface area (Å²) in [5, 5.41) is 3.41. The molecule has 0 unspecified atom stereocenters. The number of amides is 1. The van der Waals surface area contributed by atoms with Gasteiger partial charge in [-0.25, -0.2) is 0 Å². The second kappa shape index (κ2) is 7.76. The van der Waals surface area contributed by atoms with Crippen LogP contribution in [0.4, 0.5) is 0 Å². The summed E-state index contributed by atoms with van der Waals surface area (Å²) < 4.78 is 5.36. The molecular weight excluding hydrogens is 288 g/mol. The molecule has 110 valence electrons. The summed E-state index contributed by atoms with van der Waals surface area (Å²) in [6.07, 6.45) is 0. The Morgan fingerprint density at radius 2 is 2.05 bits per heavy atom. The molecule has 0 aliphatic heterocycles. The topological polar surface area (TPSA) is 51.2 Å². The van der Waals surface area contributed by atoms with Gasteiger partial charge >= 0.3 is 0 Å². The first-order valence-electron chi connectivity index (χ1n) is 6.65. The maximum absolute atomic E-state index is 11.7. The minimum absolute atomic E-state index is 0.00294. The second-order valence-corrected chi connectivity index (χ2v) is 5.04. The summed E-state index contributed by atoms with van der Waals surface area (Å²) >= 11 is 6.01. The van der Waals surface area contributed by atoms with E-state index in [0.29, 0.717) is 18.2 Å². The van der Waals surface area contributed by atoms with Crippen LogP contribution in [0.15, 0.2) is 42.5 Å². The van der Waals surface area contributed by atoms with Crippen LogP contribution in [0.2, 0.25) is 5.02 Å². The molecule has 0 aliphatic carbocycles. The van der Waals surface area contributed by atoms with Crippen LogP contribution in [-0.4, -0.2) is 17.5 Å². The monoisotopic (exact) mass is 304 g/mol. The number of pyridine rings is 1. The minimum atomic E-state index is -0.176. The molecule has 0 saturated heterocycles. The Labute approximate surface area is 129 Å². The lowest BCUT2D eigenvalue weighted by molar-refractivity contribution is -0.126. The summed E-state index contributed by atoms with van der Waals surface area (Å²) in [5.41, 5.74) is 2.62. The largest absolute Gasteiger partial charge is 0.367 e. The van der Waals surface area contributed by atoms with E-state index >= 15 is 0 Å². The normalized spacial score (nSPS) is 10.4. The van der Waals surface area contributed by atoms with Crippen molar-refractivity contribution in [2.24, 2.45) is 0 Å². The number of hydrogen-bond acceptors (Lipinski definition) is 3. The lowest BCUT2D eigenvalue weighted by Crippen LogP contribution is -2.27. The van der Waals surface area contributed by atoms with Gasteiger partial charge in [0.15, 0.2) is 0 Å². The first kappa shape index (κ1) is 15.5. The molecule has 21 heavy (non-hydrogen) atoms. The van der Waals surface area contributed by atoms with Crippen molar-refractivity contribution in [2.75, 3.05) is 6.61 Å². The van der Waals surface area contributed by atoms with Gasteiger partial charge in [-0.3, -0.25) is 9.78 Å². The Kier molecular flexibility index (Phi) is 5.72. The summed E-state index contributed by atoms with van der Waals surface area (Å²) in [4.78, 5) is 16.0. The molecule has 2 rings (SSSR count). The standard InChI is InChI=1S/C16H17ClN2O2/c1-12-5-4-7-14(19-12)9-18-16(20)11-21-10-13-6-2-3-8-15(13)17/h2-8H,9-11H2,1H3,(H,18,20). The fourth-order valence-corrected chi connectivity index (χ4v) is 2.00. The number of carbonyl (C=O) groups is 1. The molecule has 1 heterocycles. The van der Waals surface area contributed by atoms with E-state index in [0.717, 1.165) is 17.0 Å². The van der Waals surface area contributed by atoms with E-state index in [-0.39, 0.29) is 12.5 Å². The number of carbonyl (C=O) groups excluding carboxylic acids is 1. The zero-order valence-corrected chi connectivity index (χ0v) is 12.6. The Bertz CT molecular complexity index is 617. The van der Waals surface area contributed by atoms with Crippen molar-refractivity contribution in [3.05, 3.63) is 64.4 Å². The van der Waals surface area contributed by atoms with Gasteiger partial charge in [-0.1, -0.05) is 35.9 Å². The molecule has 0 atom stereocenters. The molecule has 0 aliphatic rings. The van der Waals surface area contributed by atoms with E-state index in [1.54, 1.807) is 6.07 Å². The van der Waals surface area contributed by atoms with E-state index in [2.05, 4.69) is 10.3 Å². The van der Waals surface area contributed by atoms with Crippen LogP contribution >= 0.6 is 11.6 Å². The quantitative estimate of drug-likeness (QED) is 0.893. The number of rotatable bonds is 6. The molecule has 0 radical (unpaired) electrons. The van der Waals surface area contributed by atoms with E-state index in [9.17, 15) is 4.79 Å². The van der Waals surface area contributed by atoms with Crippen molar-refractivity contribution < 1.29 is 9.53 Å². The van der Waals surface area contributed by atoms with Crippen LogP contribution in [0.5, 0.6) is 0 Å². The number of ether oxygens (including phenoxy) is 1. The van der Waals surface area contributed by atoms with Crippen molar-refractivity contribution in [3.8, 4) is 0 Å². The molecule has 0 saturated carbocycles. The summed E-state index contributed by atoms with van der Waals surface area (Å²) in [6.45, 7) is 2.63. The molecule has 0 fully saturated rings. The lowest BCUT2D eigenvalue weighted by Gasteiger charge is -2.07. The average molecular weight is 305 g/mol. The minimum Gasteiger partial charge on any atom is -0.367 e. The number of nitrogens with zero attached hydrogens (tertiary/aromatic N) is 1. The Hall–Kier alpha value is -1.91. The predicted octanol–water partition coefficient (Wildman–Crippen LogP) is 2.88. The zero-order chi connectivity index (χ0) is 15.1. The highest BCUT2D eigenvalue weighted by Gasteiger charge is 2.04. The van der Waals surface area contributed by atoms with E-state index in [1.165, 1.54) is 0 Å². The van der Waals surface area contributed by atoms with Crippen molar-refractivity contribution in [2.45, 2.75) is 20.1 Å². The van der Waals surface area contributed by atoms with Crippen molar-refractivity contribution >= 4 is 17.5 Å². The van der Waals surface area contributed by atoms with Crippen LogP contribution in [0.3, 0.4) is 0 Å². The van der Waals surface area contributed by atoms with Gasteiger partial charge in [-0.05, 0) is 30.7 Å². The maximum atomic E-state index is 11.7. The average Bonchev–Trinajstić information content (AvgIpc) is 2.47. The molecule has 1 aromatic carbocycles. The van der Waals surface area contributed by atoms with Gasteiger partial charge in [0.25, 0.3) is 0 Å². The zero-order valence-electron chi connectivity index (χ0n) is 11.8.